The van der Waals surface area contributed by atoms with E-state index in [0.717, 1.165) is 31.6 Å². The second kappa shape index (κ2) is 6.12. The highest BCUT2D eigenvalue weighted by atomic mass is 28.3. The fourth-order valence-corrected chi connectivity index (χ4v) is 3.57. The highest BCUT2D eigenvalue weighted by molar-refractivity contribution is 6.82. The van der Waals surface area contributed by atoms with Gasteiger partial charge in [0.05, 0.1) is 0 Å². The van der Waals surface area contributed by atoms with Crippen LogP contribution in [-0.2, 0) is 0 Å². The molecular formula is C14H26F2Si. The van der Waals surface area contributed by atoms with Crippen molar-refractivity contribution in [2.75, 3.05) is 0 Å². The van der Waals surface area contributed by atoms with Crippen molar-refractivity contribution in [1.29, 1.82) is 0 Å². The summed E-state index contributed by atoms with van der Waals surface area (Å²) in [5.41, 5.74) is -0.406. The van der Waals surface area contributed by atoms with Crippen molar-refractivity contribution >= 4 is 8.07 Å². The molecule has 0 aromatic carbocycles. The van der Waals surface area contributed by atoms with Gasteiger partial charge in [0.15, 0.2) is 0 Å². The molecule has 0 aliphatic heterocycles. The molecule has 1 saturated carbocycles. The van der Waals surface area contributed by atoms with Crippen molar-refractivity contribution in [1.82, 2.24) is 0 Å². The second-order valence-corrected chi connectivity index (χ2v) is 11.4. The molecule has 0 aromatic heterocycles. The fraction of sp³-hybridized carbons (Fsp3) is 0.857. The zero-order chi connectivity index (χ0) is 13.1. The first-order valence-corrected chi connectivity index (χ1v) is 10.4. The molecule has 0 atom stereocenters. The first kappa shape index (κ1) is 14.9. The lowest BCUT2D eigenvalue weighted by Gasteiger charge is -2.28. The zero-order valence-corrected chi connectivity index (χ0v) is 12.7. The van der Waals surface area contributed by atoms with Crippen molar-refractivity contribution < 1.29 is 8.78 Å². The van der Waals surface area contributed by atoms with Gasteiger partial charge in [0.25, 0.3) is 0 Å². The number of hydrogen-bond donors (Lipinski definition) is 0. The summed E-state index contributed by atoms with van der Waals surface area (Å²) in [5.74, 6) is 0.202. The Bertz CT molecular complexity index is 270. The van der Waals surface area contributed by atoms with Crippen molar-refractivity contribution in [3.8, 4) is 0 Å². The van der Waals surface area contributed by atoms with Gasteiger partial charge in [-0.2, -0.15) is 0 Å². The van der Waals surface area contributed by atoms with Crippen LogP contribution in [0.3, 0.4) is 0 Å². The molecule has 0 aromatic rings. The van der Waals surface area contributed by atoms with Gasteiger partial charge in [-0.15, -0.1) is 0 Å². The summed E-state index contributed by atoms with van der Waals surface area (Å²) < 4.78 is 27.9. The average molecular weight is 260 g/mol. The Hall–Kier alpha value is -0.183. The monoisotopic (exact) mass is 260 g/mol. The molecule has 0 bridgehead atoms. The summed E-state index contributed by atoms with van der Waals surface area (Å²) >= 11 is 0. The third kappa shape index (κ3) is 4.20. The predicted molar refractivity (Wildman–Crippen MR) is 72.9 cm³/mol. The maximum atomic E-state index is 14.0. The van der Waals surface area contributed by atoms with Crippen molar-refractivity contribution in [3.63, 3.8) is 0 Å². The highest BCUT2D eigenvalue weighted by Gasteiger charge is 2.31. The van der Waals surface area contributed by atoms with Crippen LogP contribution >= 0.6 is 0 Å². The summed E-state index contributed by atoms with van der Waals surface area (Å²) in [7, 11) is -2.10. The van der Waals surface area contributed by atoms with E-state index in [4.69, 9.17) is 0 Å². The van der Waals surface area contributed by atoms with Gasteiger partial charge in [0.1, 0.15) is 19.4 Å². The molecule has 0 N–H and O–H groups in total. The minimum absolute atomic E-state index is 0.130. The summed E-state index contributed by atoms with van der Waals surface area (Å²) in [6.45, 7) is 7.79. The van der Waals surface area contributed by atoms with Crippen LogP contribution in [0.1, 0.15) is 45.4 Å². The van der Waals surface area contributed by atoms with Crippen LogP contribution in [0.5, 0.6) is 0 Å². The summed E-state index contributed by atoms with van der Waals surface area (Å²) in [4.78, 5) is 0. The molecule has 1 rings (SSSR count). The van der Waals surface area contributed by atoms with Gasteiger partial charge in [-0.25, -0.2) is 8.78 Å². The Kier molecular flexibility index (Phi) is 5.36. The van der Waals surface area contributed by atoms with Gasteiger partial charge < -0.3 is 0 Å². The van der Waals surface area contributed by atoms with E-state index in [9.17, 15) is 8.78 Å². The van der Waals surface area contributed by atoms with Crippen LogP contribution in [0.15, 0.2) is 11.3 Å². The molecule has 0 amide bonds. The topological polar surface area (TPSA) is 0 Å². The molecule has 3 heteroatoms. The molecule has 1 aliphatic rings. The standard InChI is InChI=1S/C14H26F2Si/c1-5-6-11-7-9-12(10-8-11)13(15)14(16)17(2,3)4/h11-12H,5-10H2,1-4H3. The largest absolute Gasteiger partial charge is 0.215 e. The Labute approximate surface area is 106 Å². The summed E-state index contributed by atoms with van der Waals surface area (Å²) in [5, 5.41) is 0. The van der Waals surface area contributed by atoms with E-state index in [1.165, 1.54) is 12.8 Å². The number of allylic oxidation sites excluding steroid dienone is 1. The Balaban J connectivity index is 2.60. The normalized spacial score (nSPS) is 27.9. The van der Waals surface area contributed by atoms with Crippen LogP contribution in [0.4, 0.5) is 8.78 Å². The zero-order valence-electron chi connectivity index (χ0n) is 11.7. The molecule has 17 heavy (non-hydrogen) atoms. The molecule has 100 valence electrons. The number of hydrogen-bond acceptors (Lipinski definition) is 0. The maximum absolute atomic E-state index is 14.0. The van der Waals surface area contributed by atoms with Crippen LogP contribution in [0.2, 0.25) is 19.6 Å². The molecule has 0 heterocycles. The molecule has 0 unspecified atom stereocenters. The number of rotatable bonds is 4. The van der Waals surface area contributed by atoms with Crippen molar-refractivity contribution in [3.05, 3.63) is 11.3 Å². The van der Waals surface area contributed by atoms with E-state index in [2.05, 4.69) is 6.92 Å². The highest BCUT2D eigenvalue weighted by Crippen LogP contribution is 2.38. The molecule has 0 nitrogen and oxygen atoms in total. The van der Waals surface area contributed by atoms with E-state index in [1.807, 2.05) is 19.6 Å². The maximum Gasteiger partial charge on any atom is 0.130 e. The van der Waals surface area contributed by atoms with Crippen molar-refractivity contribution in [2.24, 2.45) is 11.8 Å². The van der Waals surface area contributed by atoms with Crippen LogP contribution in [0.25, 0.3) is 0 Å². The SMILES string of the molecule is CCCC1CCC(C(F)=C(F)[Si](C)(C)C)CC1. The van der Waals surface area contributed by atoms with Gasteiger partial charge >= 0.3 is 0 Å². The quantitative estimate of drug-likeness (QED) is 0.575. The predicted octanol–water partition coefficient (Wildman–Crippen LogP) is 5.62. The van der Waals surface area contributed by atoms with Crippen LogP contribution < -0.4 is 0 Å². The smallest absolute Gasteiger partial charge is 0.130 e. The van der Waals surface area contributed by atoms with Gasteiger partial charge in [-0.05, 0) is 31.6 Å². The molecule has 1 aliphatic carbocycles. The van der Waals surface area contributed by atoms with Crippen LogP contribution in [-0.4, -0.2) is 8.07 Å². The first-order chi connectivity index (χ1) is 7.86. The lowest BCUT2D eigenvalue weighted by molar-refractivity contribution is 0.258. The molecule has 0 spiro atoms. The van der Waals surface area contributed by atoms with Gasteiger partial charge in [-0.1, -0.05) is 39.4 Å². The lowest BCUT2D eigenvalue weighted by atomic mass is 9.80. The Morgan fingerprint density at radius 1 is 1.06 bits per heavy atom. The van der Waals surface area contributed by atoms with E-state index < -0.39 is 19.4 Å². The average Bonchev–Trinajstić information content (AvgIpc) is 2.27. The third-order valence-corrected chi connectivity index (χ3v) is 5.33. The fourth-order valence-electron chi connectivity index (χ4n) is 2.65. The minimum Gasteiger partial charge on any atom is -0.215 e. The van der Waals surface area contributed by atoms with E-state index in [-0.39, 0.29) is 5.92 Å². The van der Waals surface area contributed by atoms with E-state index in [0.29, 0.717) is 0 Å². The Morgan fingerprint density at radius 2 is 1.59 bits per heavy atom. The first-order valence-electron chi connectivity index (χ1n) is 6.91. The van der Waals surface area contributed by atoms with Gasteiger partial charge in [0.2, 0.25) is 0 Å². The molecule has 0 saturated heterocycles. The van der Waals surface area contributed by atoms with Gasteiger partial charge in [-0.3, -0.25) is 0 Å². The molecular weight excluding hydrogens is 234 g/mol. The third-order valence-electron chi connectivity index (χ3n) is 3.77. The van der Waals surface area contributed by atoms with Gasteiger partial charge in [0, 0.05) is 5.92 Å². The second-order valence-electron chi connectivity index (χ2n) is 6.42. The van der Waals surface area contributed by atoms with Crippen LogP contribution in [0, 0.1) is 11.8 Å². The summed E-state index contributed by atoms with van der Waals surface area (Å²) in [6.07, 6.45) is 6.28. The minimum atomic E-state index is -2.10. The number of halogens is 2. The van der Waals surface area contributed by atoms with E-state index >= 15 is 0 Å². The van der Waals surface area contributed by atoms with E-state index in [1.54, 1.807) is 0 Å². The van der Waals surface area contributed by atoms with Crippen molar-refractivity contribution in [2.45, 2.75) is 65.1 Å². The Morgan fingerprint density at radius 3 is 2.00 bits per heavy atom. The molecule has 1 fully saturated rings. The summed E-state index contributed by atoms with van der Waals surface area (Å²) in [6, 6.07) is 0. The molecule has 0 radical (unpaired) electrons. The lowest BCUT2D eigenvalue weighted by Crippen LogP contribution is -2.25.